The molecule has 1 aromatic carbocycles. The van der Waals surface area contributed by atoms with E-state index in [1.165, 1.54) is 0 Å². The molecule has 136 valence electrons. The van der Waals surface area contributed by atoms with Crippen LogP contribution in [0, 0.1) is 6.92 Å². The predicted octanol–water partition coefficient (Wildman–Crippen LogP) is 1.37. The average molecular weight is 356 g/mol. The maximum Gasteiger partial charge on any atom is 0.291 e. The van der Waals surface area contributed by atoms with Crippen LogP contribution in [0.3, 0.4) is 0 Å². The minimum atomic E-state index is -0.650. The molecule has 1 aromatic heterocycles. The van der Waals surface area contributed by atoms with Crippen LogP contribution in [0.15, 0.2) is 42.9 Å². The van der Waals surface area contributed by atoms with Crippen molar-refractivity contribution in [2.75, 3.05) is 11.9 Å². The number of ether oxygens (including phenoxy) is 2. The number of fused-ring (bicyclic) bond motifs is 2. The average Bonchev–Trinajstić information content (AvgIpc) is 3.14. The van der Waals surface area contributed by atoms with E-state index < -0.39 is 24.0 Å². The van der Waals surface area contributed by atoms with Crippen molar-refractivity contribution in [1.82, 2.24) is 4.98 Å². The zero-order valence-electron chi connectivity index (χ0n) is 14.8. The summed E-state index contributed by atoms with van der Waals surface area (Å²) in [5.41, 5.74) is 0.725. The fourth-order valence-electron chi connectivity index (χ4n) is 3.57. The minimum Gasteiger partial charge on any atom is -0.387 e. The summed E-state index contributed by atoms with van der Waals surface area (Å²) < 4.78 is 13.6. The van der Waals surface area contributed by atoms with Crippen LogP contribution in [0.25, 0.3) is 0 Å². The van der Waals surface area contributed by atoms with Crippen molar-refractivity contribution < 1.29 is 23.9 Å². The third kappa shape index (κ3) is 2.68. The minimum absolute atomic E-state index is 0.209. The lowest BCUT2D eigenvalue weighted by atomic mass is 9.96. The van der Waals surface area contributed by atoms with Crippen LogP contribution < -0.4 is 9.88 Å². The number of nitrogens with zero attached hydrogens (tertiary/aromatic N) is 2. The number of carbonyl (C=O) groups is 1. The molecule has 0 spiro atoms. The van der Waals surface area contributed by atoms with Crippen LogP contribution in [-0.2, 0) is 9.47 Å². The molecule has 0 saturated carbocycles. The molecule has 4 rings (SSSR count). The Morgan fingerprint density at radius 3 is 2.85 bits per heavy atom. The Bertz CT molecular complexity index is 829. The van der Waals surface area contributed by atoms with Gasteiger partial charge in [0.15, 0.2) is 6.10 Å². The maximum absolute atomic E-state index is 12.3. The molecule has 2 fully saturated rings. The lowest BCUT2D eigenvalue weighted by Crippen LogP contribution is -2.49. The summed E-state index contributed by atoms with van der Waals surface area (Å²) in [6.07, 6.45) is 2.63. The fraction of sp³-hybridized carbons (Fsp3) is 0.421. The van der Waals surface area contributed by atoms with Crippen molar-refractivity contribution >= 4 is 11.7 Å². The quantitative estimate of drug-likeness (QED) is 0.809. The molecule has 1 amide bonds. The van der Waals surface area contributed by atoms with Crippen LogP contribution in [0.5, 0.6) is 0 Å². The molecule has 3 heterocycles. The Morgan fingerprint density at radius 2 is 2.19 bits per heavy atom. The highest BCUT2D eigenvalue weighted by Gasteiger charge is 2.62. The van der Waals surface area contributed by atoms with Crippen LogP contribution in [0.4, 0.5) is 5.82 Å². The molecule has 7 heteroatoms. The molecule has 2 saturated heterocycles. The van der Waals surface area contributed by atoms with Crippen molar-refractivity contribution in [3.05, 3.63) is 54.0 Å². The Hall–Kier alpha value is -2.35. The first-order valence-corrected chi connectivity index (χ1v) is 8.75. The zero-order chi connectivity index (χ0) is 18.3. The number of amides is 1. The summed E-state index contributed by atoms with van der Waals surface area (Å²) in [7, 11) is 0. The van der Waals surface area contributed by atoms with Crippen LogP contribution in [-0.4, -0.2) is 40.4 Å². The second-order valence-corrected chi connectivity index (χ2v) is 6.82. The molecule has 4 atom stereocenters. The van der Waals surface area contributed by atoms with Gasteiger partial charge in [-0.25, -0.2) is 4.57 Å². The van der Waals surface area contributed by atoms with Crippen molar-refractivity contribution in [3.63, 3.8) is 0 Å². The Balaban J connectivity index is 1.53. The molecule has 0 radical (unpaired) electrons. The van der Waals surface area contributed by atoms with Gasteiger partial charge in [0.25, 0.3) is 18.1 Å². The second-order valence-electron chi connectivity index (χ2n) is 6.82. The Labute approximate surface area is 151 Å². The highest BCUT2D eigenvalue weighted by Crippen LogP contribution is 2.44. The molecular weight excluding hydrogens is 334 g/mol. The van der Waals surface area contributed by atoms with Crippen molar-refractivity contribution in [2.24, 2.45) is 0 Å². The number of aryl methyl sites for hydroxylation is 1. The highest BCUT2D eigenvalue weighted by molar-refractivity contribution is 6.03. The van der Waals surface area contributed by atoms with Gasteiger partial charge in [-0.15, -0.1) is 0 Å². The topological polar surface area (TPSA) is 84.6 Å². The summed E-state index contributed by atoms with van der Waals surface area (Å²) in [6.45, 7) is 4.25. The normalized spacial score (nSPS) is 29.7. The number of hydrogen-bond donors (Lipinski definition) is 2. The van der Waals surface area contributed by atoms with Gasteiger partial charge in [-0.1, -0.05) is 25.1 Å². The van der Waals surface area contributed by atoms with Crippen LogP contribution in [0.1, 0.15) is 35.5 Å². The molecule has 2 bridgehead atoms. The molecule has 7 nitrogen and oxygen atoms in total. The van der Waals surface area contributed by atoms with Gasteiger partial charge in [0.2, 0.25) is 6.23 Å². The van der Waals surface area contributed by atoms with Crippen LogP contribution in [0.2, 0.25) is 0 Å². The fourth-order valence-corrected chi connectivity index (χ4v) is 3.57. The Kier molecular flexibility index (Phi) is 4.22. The van der Waals surface area contributed by atoms with Gasteiger partial charge in [0.05, 0.1) is 12.2 Å². The van der Waals surface area contributed by atoms with E-state index in [-0.39, 0.29) is 5.91 Å². The monoisotopic (exact) mass is 356 g/mol. The van der Waals surface area contributed by atoms with Gasteiger partial charge in [-0.2, -0.15) is 0 Å². The maximum atomic E-state index is 12.3. The summed E-state index contributed by atoms with van der Waals surface area (Å²) >= 11 is 0. The largest absolute Gasteiger partial charge is 0.387 e. The van der Waals surface area contributed by atoms with E-state index in [0.29, 0.717) is 24.4 Å². The van der Waals surface area contributed by atoms with E-state index in [1.807, 2.05) is 38.2 Å². The predicted molar refractivity (Wildman–Crippen MR) is 92.5 cm³/mol. The van der Waals surface area contributed by atoms with Gasteiger partial charge in [0, 0.05) is 5.56 Å². The SMILES string of the molecule is CC[C@@]12COC([C@H]([n+]3cnc(NC(=O)c4ccccc4)c(C)c3)O1)[C@H]2O. The molecule has 2 aliphatic rings. The number of hydrogen-bond acceptors (Lipinski definition) is 5. The number of aromatic nitrogens is 2. The summed E-state index contributed by atoms with van der Waals surface area (Å²) in [4.78, 5) is 16.7. The van der Waals surface area contributed by atoms with Gasteiger partial charge in [-0.3, -0.25) is 10.1 Å². The van der Waals surface area contributed by atoms with E-state index in [0.717, 1.165) is 5.56 Å². The molecule has 2 N–H and O–H groups in total. The van der Waals surface area contributed by atoms with Crippen molar-refractivity contribution in [3.8, 4) is 0 Å². The smallest absolute Gasteiger partial charge is 0.291 e. The van der Waals surface area contributed by atoms with Crippen molar-refractivity contribution in [2.45, 2.75) is 44.3 Å². The standard InChI is InChI=1S/C19H21N3O4/c1-3-19-10-25-14(15(19)23)18(26-19)22-9-12(2)16(20-11-22)21-17(24)13-7-5-4-6-8-13/h4-9,11,14-15,18,23H,3,10H2,1-2H3/p+1/t14?,15-,18-,19+/m1/s1. The van der Waals surface area contributed by atoms with Gasteiger partial charge in [0.1, 0.15) is 17.9 Å². The first kappa shape index (κ1) is 17.1. The van der Waals surface area contributed by atoms with E-state index in [9.17, 15) is 9.90 Å². The molecule has 0 aliphatic carbocycles. The van der Waals surface area contributed by atoms with Crippen LogP contribution >= 0.6 is 0 Å². The van der Waals surface area contributed by atoms with E-state index in [1.54, 1.807) is 23.0 Å². The first-order chi connectivity index (χ1) is 12.5. The number of benzene rings is 1. The summed E-state index contributed by atoms with van der Waals surface area (Å²) in [6, 6.07) is 8.99. The lowest BCUT2D eigenvalue weighted by molar-refractivity contribution is -0.774. The number of anilines is 1. The summed E-state index contributed by atoms with van der Waals surface area (Å²) in [5.74, 6) is 0.281. The number of aliphatic hydroxyl groups is 1. The molecule has 1 unspecified atom stereocenters. The highest BCUT2D eigenvalue weighted by atomic mass is 16.6. The second kappa shape index (κ2) is 6.42. The summed E-state index contributed by atoms with van der Waals surface area (Å²) in [5, 5.41) is 13.3. The van der Waals surface area contributed by atoms with E-state index in [2.05, 4.69) is 10.3 Å². The Morgan fingerprint density at radius 1 is 1.42 bits per heavy atom. The first-order valence-electron chi connectivity index (χ1n) is 8.75. The van der Waals surface area contributed by atoms with Gasteiger partial charge < -0.3 is 14.6 Å². The third-order valence-electron chi connectivity index (χ3n) is 5.20. The third-order valence-corrected chi connectivity index (χ3v) is 5.20. The molecule has 2 aromatic rings. The molecular formula is C19H22N3O4+. The zero-order valence-corrected chi connectivity index (χ0v) is 14.8. The number of nitrogens with one attached hydrogen (secondary N) is 1. The van der Waals surface area contributed by atoms with E-state index >= 15 is 0 Å². The number of rotatable bonds is 4. The van der Waals surface area contributed by atoms with Gasteiger partial charge >= 0.3 is 0 Å². The molecule has 26 heavy (non-hydrogen) atoms. The van der Waals surface area contributed by atoms with E-state index in [4.69, 9.17) is 9.47 Å². The number of carbonyl (C=O) groups excluding carboxylic acids is 1. The number of aliphatic hydroxyl groups excluding tert-OH is 1. The molecule has 2 aliphatic heterocycles. The van der Waals surface area contributed by atoms with Gasteiger partial charge in [-0.05, 0) is 30.5 Å². The van der Waals surface area contributed by atoms with Crippen molar-refractivity contribution in [1.29, 1.82) is 0 Å². The lowest BCUT2D eigenvalue weighted by Gasteiger charge is -2.28.